The van der Waals surface area contributed by atoms with Gasteiger partial charge in [-0.25, -0.2) is 0 Å². The molecule has 1 saturated carbocycles. The summed E-state index contributed by atoms with van der Waals surface area (Å²) in [6, 6.07) is 9.35. The molecule has 0 spiro atoms. The second kappa shape index (κ2) is 2.50. The third kappa shape index (κ3) is 1.18. The molecule has 0 bridgehead atoms. The van der Waals surface area contributed by atoms with Gasteiger partial charge in [0, 0.05) is 8.64 Å². The molecule has 1 aliphatic carbocycles. The minimum absolute atomic E-state index is 0.230. The Morgan fingerprint density at radius 1 is 1.55 bits per heavy atom. The van der Waals surface area contributed by atoms with Crippen molar-refractivity contribution in [3.05, 3.63) is 35.9 Å². The van der Waals surface area contributed by atoms with Gasteiger partial charge < -0.3 is 4.79 Å². The van der Waals surface area contributed by atoms with Crippen LogP contribution < -0.4 is 0 Å². The van der Waals surface area contributed by atoms with E-state index < -0.39 is 12.3 Å². The molecule has 2 rings (SSSR count). The maximum atomic E-state index is 10.6. The first-order valence-corrected chi connectivity index (χ1v) is 3.63. The average Bonchev–Trinajstić information content (AvgIpc) is 2.72. The second-order valence-corrected chi connectivity index (χ2v) is 2.67. The SMILES string of the molecule is [2H][C@H]1[C@H](c2ccccc2)[C@@]1([2H])C=O. The molecule has 0 aromatic heterocycles. The van der Waals surface area contributed by atoms with Gasteiger partial charge in [0.2, 0.25) is 0 Å². The average molecular weight is 148 g/mol. The fourth-order valence-corrected chi connectivity index (χ4v) is 1.21. The molecule has 0 unspecified atom stereocenters. The van der Waals surface area contributed by atoms with Crippen molar-refractivity contribution in [2.45, 2.75) is 12.3 Å². The van der Waals surface area contributed by atoms with E-state index >= 15 is 0 Å². The van der Waals surface area contributed by atoms with Crippen molar-refractivity contribution in [3.63, 3.8) is 0 Å². The van der Waals surface area contributed by atoms with E-state index in [0.717, 1.165) is 5.56 Å². The van der Waals surface area contributed by atoms with Crippen molar-refractivity contribution < 1.29 is 7.54 Å². The van der Waals surface area contributed by atoms with Crippen LogP contribution in [0.15, 0.2) is 30.3 Å². The highest BCUT2D eigenvalue weighted by Gasteiger charge is 2.37. The molecule has 0 saturated heterocycles. The van der Waals surface area contributed by atoms with Crippen molar-refractivity contribution in [3.8, 4) is 0 Å². The second-order valence-electron chi connectivity index (χ2n) is 2.67. The predicted octanol–water partition coefficient (Wildman–Crippen LogP) is 1.99. The lowest BCUT2D eigenvalue weighted by molar-refractivity contribution is -0.108. The van der Waals surface area contributed by atoms with Crippen molar-refractivity contribution in [2.24, 2.45) is 5.89 Å². The molecular formula is C10H10O. The molecule has 1 heteroatoms. The Kier molecular flexibility index (Phi) is 1.07. The number of carbonyl (C=O) groups is 1. The van der Waals surface area contributed by atoms with E-state index in [-0.39, 0.29) is 5.92 Å². The fourth-order valence-electron chi connectivity index (χ4n) is 1.21. The monoisotopic (exact) mass is 148 g/mol. The Bertz CT molecular complexity index is 325. The molecule has 3 atom stereocenters. The molecule has 1 fully saturated rings. The number of hydrogen-bond acceptors (Lipinski definition) is 1. The Balaban J connectivity index is 2.28. The van der Waals surface area contributed by atoms with E-state index in [1.54, 1.807) is 0 Å². The zero-order chi connectivity index (χ0) is 9.47. The first kappa shape index (κ1) is 4.70. The summed E-state index contributed by atoms with van der Waals surface area (Å²) in [5.41, 5.74) is 0.921. The Labute approximate surface area is 68.9 Å². The van der Waals surface area contributed by atoms with Gasteiger partial charge in [-0.15, -0.1) is 0 Å². The largest absolute Gasteiger partial charge is 0.303 e. The fraction of sp³-hybridized carbons (Fsp3) is 0.300. The van der Waals surface area contributed by atoms with Crippen molar-refractivity contribution in [1.29, 1.82) is 0 Å². The lowest BCUT2D eigenvalue weighted by Crippen LogP contribution is -1.82. The maximum Gasteiger partial charge on any atom is 0.123 e. The molecule has 1 aromatic rings. The van der Waals surface area contributed by atoms with Gasteiger partial charge in [-0.3, -0.25) is 0 Å². The van der Waals surface area contributed by atoms with E-state index in [1.807, 2.05) is 30.3 Å². The van der Waals surface area contributed by atoms with Gasteiger partial charge in [-0.2, -0.15) is 0 Å². The van der Waals surface area contributed by atoms with Crippen LogP contribution in [0.4, 0.5) is 0 Å². The molecule has 0 aliphatic heterocycles. The molecule has 56 valence electrons. The van der Waals surface area contributed by atoms with Crippen LogP contribution in [0.2, 0.25) is 0 Å². The van der Waals surface area contributed by atoms with Crippen LogP contribution in [0.25, 0.3) is 0 Å². The minimum Gasteiger partial charge on any atom is -0.303 e. The van der Waals surface area contributed by atoms with Crippen LogP contribution in [0, 0.1) is 5.89 Å². The van der Waals surface area contributed by atoms with E-state index in [2.05, 4.69) is 0 Å². The number of carbonyl (C=O) groups excluding carboxylic acids is 1. The van der Waals surface area contributed by atoms with Gasteiger partial charge in [0.1, 0.15) is 6.29 Å². The standard InChI is InChI=1S/C10H10O/c11-7-9-6-10(9)8-4-2-1-3-5-8/h1-5,7,9-10H,6H2/t9-,10-/m1/s1/i6D,9D/t6-,9-,10-. The topological polar surface area (TPSA) is 17.1 Å². The Morgan fingerprint density at radius 2 is 2.27 bits per heavy atom. The van der Waals surface area contributed by atoms with Crippen LogP contribution in [0.3, 0.4) is 0 Å². The Hall–Kier alpha value is -1.11. The van der Waals surface area contributed by atoms with Gasteiger partial charge in [0.15, 0.2) is 0 Å². The minimum atomic E-state index is -1.19. The third-order valence-corrected chi connectivity index (χ3v) is 1.90. The van der Waals surface area contributed by atoms with Crippen LogP contribution in [0.5, 0.6) is 0 Å². The highest BCUT2D eigenvalue weighted by atomic mass is 16.1. The molecule has 0 heterocycles. The summed E-state index contributed by atoms with van der Waals surface area (Å²) in [6.07, 6.45) is -0.00472. The van der Waals surface area contributed by atoms with Gasteiger partial charge in [-0.1, -0.05) is 30.3 Å². The van der Waals surface area contributed by atoms with Gasteiger partial charge >= 0.3 is 0 Å². The zero-order valence-corrected chi connectivity index (χ0v) is 6.03. The summed E-state index contributed by atoms with van der Waals surface area (Å²) in [5, 5.41) is 0. The summed E-state index contributed by atoms with van der Waals surface area (Å²) in [6.45, 7) is 0. The van der Waals surface area contributed by atoms with E-state index in [9.17, 15) is 4.79 Å². The Morgan fingerprint density at radius 3 is 2.82 bits per heavy atom. The quantitative estimate of drug-likeness (QED) is 0.586. The summed E-state index contributed by atoms with van der Waals surface area (Å²) >= 11 is 0. The first-order valence-electron chi connectivity index (χ1n) is 4.71. The number of hydrogen-bond donors (Lipinski definition) is 0. The number of rotatable bonds is 2. The van der Waals surface area contributed by atoms with Crippen molar-refractivity contribution in [2.75, 3.05) is 0 Å². The van der Waals surface area contributed by atoms with Crippen molar-refractivity contribution >= 4 is 6.29 Å². The normalized spacial score (nSPS) is 44.0. The van der Waals surface area contributed by atoms with E-state index in [0.29, 0.717) is 6.29 Å². The van der Waals surface area contributed by atoms with Crippen LogP contribution >= 0.6 is 0 Å². The molecule has 0 radical (unpaired) electrons. The lowest BCUT2D eigenvalue weighted by atomic mass is 10.1. The molecule has 0 N–H and O–H groups in total. The molecule has 1 nitrogen and oxygen atoms in total. The molecule has 11 heavy (non-hydrogen) atoms. The van der Waals surface area contributed by atoms with E-state index in [1.165, 1.54) is 0 Å². The van der Waals surface area contributed by atoms with Gasteiger partial charge in [0.05, 0.1) is 0 Å². The van der Waals surface area contributed by atoms with Crippen LogP contribution in [0.1, 0.15) is 20.6 Å². The summed E-state index contributed by atoms with van der Waals surface area (Å²) in [4.78, 5) is 10.6. The summed E-state index contributed by atoms with van der Waals surface area (Å²) in [5.74, 6) is -1.42. The van der Waals surface area contributed by atoms with Crippen LogP contribution in [-0.2, 0) is 4.79 Å². The lowest BCUT2D eigenvalue weighted by Gasteiger charge is -1.94. The highest BCUT2D eigenvalue weighted by Crippen LogP contribution is 2.45. The molecule has 0 amide bonds. The molecular weight excluding hydrogens is 136 g/mol. The highest BCUT2D eigenvalue weighted by molar-refractivity contribution is 5.61. The first-order chi connectivity index (χ1) is 6.20. The van der Waals surface area contributed by atoms with E-state index in [4.69, 9.17) is 2.74 Å². The molecule has 1 aromatic carbocycles. The van der Waals surface area contributed by atoms with Gasteiger partial charge in [-0.05, 0) is 17.9 Å². The smallest absolute Gasteiger partial charge is 0.123 e. The zero-order valence-electron chi connectivity index (χ0n) is 8.03. The summed E-state index contributed by atoms with van der Waals surface area (Å²) < 4.78 is 15.2. The third-order valence-electron chi connectivity index (χ3n) is 1.90. The predicted molar refractivity (Wildman–Crippen MR) is 43.4 cm³/mol. The molecule has 1 aliphatic rings. The number of benzene rings is 1. The number of aldehydes is 1. The van der Waals surface area contributed by atoms with Crippen molar-refractivity contribution in [1.82, 2.24) is 0 Å². The van der Waals surface area contributed by atoms with Crippen LogP contribution in [-0.4, -0.2) is 6.29 Å². The van der Waals surface area contributed by atoms with Gasteiger partial charge in [0.25, 0.3) is 0 Å². The summed E-state index contributed by atoms with van der Waals surface area (Å²) in [7, 11) is 0. The maximum absolute atomic E-state index is 10.6.